The van der Waals surface area contributed by atoms with Crippen LogP contribution in [0.3, 0.4) is 0 Å². The fraction of sp³-hybridized carbons (Fsp3) is 0.350. The van der Waals surface area contributed by atoms with Crippen LogP contribution in [-0.2, 0) is 14.8 Å². The first kappa shape index (κ1) is 20.9. The number of hydrogen-bond donors (Lipinski definition) is 1. The van der Waals surface area contributed by atoms with Crippen molar-refractivity contribution in [2.75, 3.05) is 38.0 Å². The second kappa shape index (κ2) is 8.38. The third-order valence-electron chi connectivity index (χ3n) is 5.21. The fourth-order valence-electron chi connectivity index (χ4n) is 3.66. The van der Waals surface area contributed by atoms with Crippen LogP contribution in [0.1, 0.15) is 11.1 Å². The van der Waals surface area contributed by atoms with Crippen LogP contribution in [0, 0.1) is 13.8 Å². The summed E-state index contributed by atoms with van der Waals surface area (Å²) in [6, 6.07) is 10.9. The SMILES string of the molecule is Cc1ccc(S(=O)(=O)N2CCN(CC(=O)Nc3cccc4nsnc34)CC2)c(C)c1. The molecule has 0 radical (unpaired) electrons. The zero-order chi connectivity index (χ0) is 21.3. The standard InChI is InChI=1S/C20H23N5O3S2/c1-14-6-7-18(15(2)12-14)30(27,28)25-10-8-24(9-11-25)13-19(26)21-16-4-3-5-17-20(16)23-29-22-17/h3-7,12H,8-11,13H2,1-2H3,(H,21,26). The third-order valence-corrected chi connectivity index (χ3v) is 7.81. The number of sulfonamides is 1. The van der Waals surface area contributed by atoms with E-state index in [9.17, 15) is 13.2 Å². The summed E-state index contributed by atoms with van der Waals surface area (Å²) in [5, 5.41) is 2.89. The number of anilines is 1. The molecule has 10 heteroatoms. The second-order valence-corrected chi connectivity index (χ2v) is 9.87. The normalized spacial score (nSPS) is 16.1. The molecule has 0 aliphatic carbocycles. The Balaban J connectivity index is 1.36. The van der Waals surface area contributed by atoms with Gasteiger partial charge in [-0.1, -0.05) is 23.8 Å². The molecule has 1 aromatic heterocycles. The predicted molar refractivity (Wildman–Crippen MR) is 117 cm³/mol. The molecule has 3 aromatic rings. The highest BCUT2D eigenvalue weighted by molar-refractivity contribution is 7.89. The molecule has 0 saturated carbocycles. The van der Waals surface area contributed by atoms with E-state index >= 15 is 0 Å². The Bertz CT molecular complexity index is 1180. The van der Waals surface area contributed by atoms with E-state index in [2.05, 4.69) is 14.1 Å². The number of fused-ring (bicyclic) bond motifs is 1. The average molecular weight is 446 g/mol. The molecule has 1 amide bonds. The summed E-state index contributed by atoms with van der Waals surface area (Å²) < 4.78 is 35.9. The summed E-state index contributed by atoms with van der Waals surface area (Å²) in [5.41, 5.74) is 3.86. The van der Waals surface area contributed by atoms with Crippen molar-refractivity contribution in [3.63, 3.8) is 0 Å². The van der Waals surface area contributed by atoms with Crippen molar-refractivity contribution in [1.82, 2.24) is 18.0 Å². The third kappa shape index (κ3) is 4.22. The number of piperazine rings is 1. The number of hydrogen-bond acceptors (Lipinski definition) is 7. The highest BCUT2D eigenvalue weighted by Crippen LogP contribution is 2.23. The van der Waals surface area contributed by atoms with Gasteiger partial charge in [-0.05, 0) is 37.6 Å². The van der Waals surface area contributed by atoms with Gasteiger partial charge >= 0.3 is 0 Å². The maximum absolute atomic E-state index is 13.0. The summed E-state index contributed by atoms with van der Waals surface area (Å²) in [4.78, 5) is 14.8. The van der Waals surface area contributed by atoms with Crippen LogP contribution in [-0.4, -0.2) is 65.0 Å². The lowest BCUT2D eigenvalue weighted by molar-refractivity contribution is -0.117. The molecule has 0 unspecified atom stereocenters. The lowest BCUT2D eigenvalue weighted by atomic mass is 10.2. The van der Waals surface area contributed by atoms with Gasteiger partial charge in [0.05, 0.1) is 28.9 Å². The monoisotopic (exact) mass is 445 g/mol. The maximum atomic E-state index is 13.0. The maximum Gasteiger partial charge on any atom is 0.243 e. The van der Waals surface area contributed by atoms with E-state index in [0.29, 0.717) is 42.3 Å². The molecule has 1 fully saturated rings. The van der Waals surface area contributed by atoms with E-state index in [0.717, 1.165) is 28.4 Å². The first-order valence-corrected chi connectivity index (χ1v) is 11.8. The van der Waals surface area contributed by atoms with Crippen LogP contribution in [0.4, 0.5) is 5.69 Å². The quantitative estimate of drug-likeness (QED) is 0.647. The molecule has 0 bridgehead atoms. The van der Waals surface area contributed by atoms with E-state index in [1.54, 1.807) is 12.1 Å². The molecule has 8 nitrogen and oxygen atoms in total. The Kier molecular flexibility index (Phi) is 5.83. The van der Waals surface area contributed by atoms with Crippen LogP contribution in [0.5, 0.6) is 0 Å². The van der Waals surface area contributed by atoms with Crippen molar-refractivity contribution >= 4 is 44.4 Å². The van der Waals surface area contributed by atoms with Crippen LogP contribution >= 0.6 is 11.7 Å². The van der Waals surface area contributed by atoms with Gasteiger partial charge in [0.2, 0.25) is 15.9 Å². The van der Waals surface area contributed by atoms with Crippen molar-refractivity contribution in [2.24, 2.45) is 0 Å². The Morgan fingerprint density at radius 3 is 2.60 bits per heavy atom. The molecular weight excluding hydrogens is 422 g/mol. The van der Waals surface area contributed by atoms with Gasteiger partial charge in [-0.3, -0.25) is 9.69 Å². The van der Waals surface area contributed by atoms with Crippen molar-refractivity contribution in [1.29, 1.82) is 0 Å². The minimum absolute atomic E-state index is 0.152. The van der Waals surface area contributed by atoms with Crippen LogP contribution in [0.2, 0.25) is 0 Å². The van der Waals surface area contributed by atoms with Crippen molar-refractivity contribution in [2.45, 2.75) is 18.7 Å². The number of carbonyl (C=O) groups is 1. The summed E-state index contributed by atoms with van der Waals surface area (Å²) >= 11 is 1.11. The largest absolute Gasteiger partial charge is 0.323 e. The summed E-state index contributed by atoms with van der Waals surface area (Å²) in [7, 11) is -3.54. The van der Waals surface area contributed by atoms with Gasteiger partial charge < -0.3 is 5.32 Å². The molecule has 1 aliphatic rings. The molecule has 0 spiro atoms. The zero-order valence-electron chi connectivity index (χ0n) is 16.8. The molecule has 1 saturated heterocycles. The summed E-state index contributed by atoms with van der Waals surface area (Å²) in [6.07, 6.45) is 0. The lowest BCUT2D eigenvalue weighted by Crippen LogP contribution is -2.50. The highest BCUT2D eigenvalue weighted by Gasteiger charge is 2.30. The van der Waals surface area contributed by atoms with Crippen molar-refractivity contribution in [3.8, 4) is 0 Å². The van der Waals surface area contributed by atoms with Gasteiger partial charge in [0.1, 0.15) is 11.0 Å². The molecular formula is C20H23N5O3S2. The molecule has 1 aliphatic heterocycles. The Hall–Kier alpha value is -2.40. The second-order valence-electron chi connectivity index (χ2n) is 7.43. The van der Waals surface area contributed by atoms with E-state index in [1.807, 2.05) is 43.0 Å². The first-order chi connectivity index (χ1) is 14.3. The van der Waals surface area contributed by atoms with Gasteiger partial charge in [0.15, 0.2) is 0 Å². The van der Waals surface area contributed by atoms with Crippen LogP contribution < -0.4 is 5.32 Å². The lowest BCUT2D eigenvalue weighted by Gasteiger charge is -2.33. The van der Waals surface area contributed by atoms with Gasteiger partial charge in [-0.25, -0.2) is 8.42 Å². The fourth-order valence-corrected chi connectivity index (χ4v) is 5.83. The predicted octanol–water partition coefficient (Wildman–Crippen LogP) is 2.25. The molecule has 158 valence electrons. The van der Waals surface area contributed by atoms with E-state index in [-0.39, 0.29) is 12.5 Å². The molecule has 0 atom stereocenters. The number of nitrogens with one attached hydrogen (secondary N) is 1. The molecule has 30 heavy (non-hydrogen) atoms. The Labute approximate surface area is 179 Å². The number of carbonyl (C=O) groups excluding carboxylic acids is 1. The molecule has 1 N–H and O–H groups in total. The van der Waals surface area contributed by atoms with E-state index in [4.69, 9.17) is 0 Å². The Morgan fingerprint density at radius 2 is 1.87 bits per heavy atom. The number of aryl methyl sites for hydroxylation is 2. The number of rotatable bonds is 5. The number of benzene rings is 2. The van der Waals surface area contributed by atoms with Crippen LogP contribution in [0.25, 0.3) is 11.0 Å². The minimum Gasteiger partial charge on any atom is -0.323 e. The van der Waals surface area contributed by atoms with Crippen molar-refractivity contribution in [3.05, 3.63) is 47.5 Å². The van der Waals surface area contributed by atoms with Crippen molar-refractivity contribution < 1.29 is 13.2 Å². The average Bonchev–Trinajstić information content (AvgIpc) is 3.18. The van der Waals surface area contributed by atoms with E-state index in [1.165, 1.54) is 4.31 Å². The summed E-state index contributed by atoms with van der Waals surface area (Å²) in [5.74, 6) is -0.152. The minimum atomic E-state index is -3.54. The van der Waals surface area contributed by atoms with E-state index < -0.39 is 10.0 Å². The van der Waals surface area contributed by atoms with Crippen LogP contribution in [0.15, 0.2) is 41.3 Å². The number of aromatic nitrogens is 2. The first-order valence-electron chi connectivity index (χ1n) is 9.65. The molecule has 2 heterocycles. The zero-order valence-corrected chi connectivity index (χ0v) is 18.5. The van der Waals surface area contributed by atoms with Gasteiger partial charge in [0, 0.05) is 26.2 Å². The summed E-state index contributed by atoms with van der Waals surface area (Å²) in [6.45, 7) is 5.67. The van der Waals surface area contributed by atoms with Gasteiger partial charge in [0.25, 0.3) is 0 Å². The molecule has 4 rings (SSSR count). The number of nitrogens with zero attached hydrogens (tertiary/aromatic N) is 4. The van der Waals surface area contributed by atoms with Gasteiger partial charge in [-0.15, -0.1) is 0 Å². The topological polar surface area (TPSA) is 95.5 Å². The Morgan fingerprint density at radius 1 is 1.10 bits per heavy atom. The molecule has 2 aromatic carbocycles. The van der Waals surface area contributed by atoms with Gasteiger partial charge in [-0.2, -0.15) is 13.1 Å². The number of amides is 1. The highest BCUT2D eigenvalue weighted by atomic mass is 32.2. The smallest absolute Gasteiger partial charge is 0.243 e.